The molecule has 4 amide bonds. The Kier molecular flexibility index (Phi) is 12.8. The molecule has 2 atom stereocenters. The molecular formula is C32H46N4O5. The first-order valence-electron chi connectivity index (χ1n) is 14.3. The van der Waals surface area contributed by atoms with E-state index in [1.54, 1.807) is 26.8 Å². The Morgan fingerprint density at radius 3 is 2.10 bits per heavy atom. The van der Waals surface area contributed by atoms with Crippen LogP contribution < -0.4 is 16.4 Å². The minimum Gasteiger partial charge on any atom is -0.444 e. The summed E-state index contributed by atoms with van der Waals surface area (Å²) < 4.78 is 5.36. The molecule has 0 saturated carbocycles. The lowest BCUT2D eigenvalue weighted by Crippen LogP contribution is -2.53. The van der Waals surface area contributed by atoms with Gasteiger partial charge in [0.25, 0.3) is 5.91 Å². The van der Waals surface area contributed by atoms with E-state index in [9.17, 15) is 19.2 Å². The predicted molar refractivity (Wildman–Crippen MR) is 161 cm³/mol. The van der Waals surface area contributed by atoms with Crippen LogP contribution in [-0.4, -0.2) is 46.9 Å². The number of benzene rings is 2. The summed E-state index contributed by atoms with van der Waals surface area (Å²) >= 11 is 0. The number of unbranched alkanes of at least 4 members (excludes halogenated alkanes) is 4. The summed E-state index contributed by atoms with van der Waals surface area (Å²) in [5, 5.41) is 5.53. The third-order valence-electron chi connectivity index (χ3n) is 6.63. The summed E-state index contributed by atoms with van der Waals surface area (Å²) in [5.41, 5.74) is 7.66. The van der Waals surface area contributed by atoms with Crippen LogP contribution in [0, 0.1) is 13.8 Å². The highest BCUT2D eigenvalue weighted by atomic mass is 16.6. The number of hydrogen-bond acceptors (Lipinski definition) is 5. The molecule has 0 aliphatic rings. The zero-order valence-electron chi connectivity index (χ0n) is 25.3. The first-order chi connectivity index (χ1) is 19.3. The normalized spacial score (nSPS) is 12.6. The molecule has 0 aromatic heterocycles. The fourth-order valence-electron chi connectivity index (χ4n) is 4.56. The Bertz CT molecular complexity index is 1190. The van der Waals surface area contributed by atoms with Crippen LogP contribution in [-0.2, 0) is 19.1 Å². The Morgan fingerprint density at radius 1 is 0.902 bits per heavy atom. The van der Waals surface area contributed by atoms with Crippen molar-refractivity contribution in [1.82, 2.24) is 10.2 Å². The molecule has 41 heavy (non-hydrogen) atoms. The molecule has 2 aromatic carbocycles. The van der Waals surface area contributed by atoms with E-state index in [1.807, 2.05) is 56.3 Å². The number of nitrogens with two attached hydrogens (primary N) is 1. The number of nitrogens with one attached hydrogen (secondary N) is 2. The first kappa shape index (κ1) is 33.3. The Morgan fingerprint density at radius 2 is 1.51 bits per heavy atom. The van der Waals surface area contributed by atoms with Crippen LogP contribution in [0.2, 0.25) is 0 Å². The number of carbonyl (C=O) groups excluding carboxylic acids is 4. The highest BCUT2D eigenvalue weighted by Crippen LogP contribution is 2.28. The van der Waals surface area contributed by atoms with E-state index in [0.29, 0.717) is 17.7 Å². The van der Waals surface area contributed by atoms with Gasteiger partial charge in [-0.3, -0.25) is 14.4 Å². The van der Waals surface area contributed by atoms with Gasteiger partial charge in [-0.1, -0.05) is 75.1 Å². The van der Waals surface area contributed by atoms with Crippen LogP contribution in [0.1, 0.15) is 89.0 Å². The molecule has 0 aliphatic carbocycles. The molecule has 224 valence electrons. The van der Waals surface area contributed by atoms with Crippen molar-refractivity contribution in [3.05, 3.63) is 65.2 Å². The third kappa shape index (κ3) is 10.9. The average Bonchev–Trinajstić information content (AvgIpc) is 2.88. The van der Waals surface area contributed by atoms with Crippen molar-refractivity contribution in [2.24, 2.45) is 5.73 Å². The standard InChI is InChI=1S/C32H46N4O5/c1-7-8-9-10-15-20-36(30(39)26(21-27(33)37)35-31(40)41-32(4,5)6)28(24-18-13-11-16-22(24)2)29(38)34-25-19-14-12-17-23(25)3/h11-14,16-19,26,28H,7-10,15,20-21H2,1-6H3,(H2,33,37)(H,34,38)(H,35,40). The minimum atomic E-state index is -1.31. The van der Waals surface area contributed by atoms with Gasteiger partial charge >= 0.3 is 6.09 Å². The van der Waals surface area contributed by atoms with Gasteiger partial charge < -0.3 is 26.0 Å². The largest absolute Gasteiger partial charge is 0.444 e. The summed E-state index contributed by atoms with van der Waals surface area (Å²) in [6, 6.07) is 12.5. The van der Waals surface area contributed by atoms with Gasteiger partial charge in [-0.25, -0.2) is 4.79 Å². The number of primary amides is 1. The molecule has 0 fully saturated rings. The van der Waals surface area contributed by atoms with E-state index in [1.165, 1.54) is 4.90 Å². The van der Waals surface area contributed by atoms with Gasteiger partial charge in [0, 0.05) is 12.2 Å². The maximum Gasteiger partial charge on any atom is 0.408 e. The molecule has 0 saturated heterocycles. The summed E-state index contributed by atoms with van der Waals surface area (Å²) in [6.07, 6.45) is 3.32. The maximum atomic E-state index is 14.2. The van der Waals surface area contributed by atoms with Crippen LogP contribution in [0.4, 0.5) is 10.5 Å². The lowest BCUT2D eigenvalue weighted by atomic mass is 9.97. The monoisotopic (exact) mass is 566 g/mol. The van der Waals surface area contributed by atoms with Gasteiger partial charge in [0.2, 0.25) is 11.8 Å². The van der Waals surface area contributed by atoms with Gasteiger partial charge in [0.15, 0.2) is 0 Å². The van der Waals surface area contributed by atoms with Gasteiger partial charge in [-0.2, -0.15) is 0 Å². The van der Waals surface area contributed by atoms with Crippen molar-refractivity contribution in [1.29, 1.82) is 0 Å². The lowest BCUT2D eigenvalue weighted by Gasteiger charge is -2.35. The van der Waals surface area contributed by atoms with Crippen LogP contribution >= 0.6 is 0 Å². The molecule has 9 heteroatoms. The number of alkyl carbamates (subject to hydrolysis) is 1. The van der Waals surface area contributed by atoms with E-state index in [-0.39, 0.29) is 6.54 Å². The molecule has 9 nitrogen and oxygen atoms in total. The number of ether oxygens (including phenoxy) is 1. The zero-order valence-corrected chi connectivity index (χ0v) is 25.3. The molecule has 2 rings (SSSR count). The van der Waals surface area contributed by atoms with Crippen LogP contribution in [0.15, 0.2) is 48.5 Å². The number of anilines is 1. The molecule has 0 aliphatic heterocycles. The Hall–Kier alpha value is -3.88. The lowest BCUT2D eigenvalue weighted by molar-refractivity contribution is -0.142. The highest BCUT2D eigenvalue weighted by molar-refractivity contribution is 6.00. The minimum absolute atomic E-state index is 0.244. The van der Waals surface area contributed by atoms with Gasteiger partial charge in [0.1, 0.15) is 17.7 Å². The molecule has 0 heterocycles. The third-order valence-corrected chi connectivity index (χ3v) is 6.63. The van der Waals surface area contributed by atoms with Crippen LogP contribution in [0.25, 0.3) is 0 Å². The second-order valence-corrected chi connectivity index (χ2v) is 11.4. The van der Waals surface area contributed by atoms with E-state index >= 15 is 0 Å². The van der Waals surface area contributed by atoms with E-state index in [0.717, 1.165) is 36.8 Å². The number of rotatable bonds is 14. The van der Waals surface area contributed by atoms with Crippen molar-refractivity contribution in [2.75, 3.05) is 11.9 Å². The molecule has 0 bridgehead atoms. The van der Waals surface area contributed by atoms with E-state index in [2.05, 4.69) is 17.6 Å². The average molecular weight is 567 g/mol. The van der Waals surface area contributed by atoms with Crippen molar-refractivity contribution in [3.8, 4) is 0 Å². The Labute approximate surface area is 244 Å². The molecule has 2 aromatic rings. The van der Waals surface area contributed by atoms with Crippen LogP contribution in [0.3, 0.4) is 0 Å². The highest BCUT2D eigenvalue weighted by Gasteiger charge is 2.37. The summed E-state index contributed by atoms with van der Waals surface area (Å²) in [6.45, 7) is 11.2. The summed E-state index contributed by atoms with van der Waals surface area (Å²) in [4.78, 5) is 54.4. The number of aryl methyl sites for hydroxylation is 2. The summed E-state index contributed by atoms with van der Waals surface area (Å²) in [5.74, 6) is -1.75. The number of amides is 4. The van der Waals surface area contributed by atoms with Crippen LogP contribution in [0.5, 0.6) is 0 Å². The fourth-order valence-corrected chi connectivity index (χ4v) is 4.56. The fraction of sp³-hybridized carbons (Fsp3) is 0.500. The molecule has 2 unspecified atom stereocenters. The molecule has 0 radical (unpaired) electrons. The number of para-hydroxylation sites is 1. The van der Waals surface area contributed by atoms with Crippen molar-refractivity contribution in [3.63, 3.8) is 0 Å². The second kappa shape index (κ2) is 15.8. The van der Waals surface area contributed by atoms with Crippen molar-refractivity contribution in [2.45, 2.75) is 97.8 Å². The smallest absolute Gasteiger partial charge is 0.408 e. The predicted octanol–water partition coefficient (Wildman–Crippen LogP) is 5.55. The zero-order chi connectivity index (χ0) is 30.6. The summed E-state index contributed by atoms with van der Waals surface area (Å²) in [7, 11) is 0. The van der Waals surface area contributed by atoms with Gasteiger partial charge in [-0.05, 0) is 63.8 Å². The van der Waals surface area contributed by atoms with E-state index < -0.39 is 47.9 Å². The maximum absolute atomic E-state index is 14.2. The quantitative estimate of drug-likeness (QED) is 0.258. The topological polar surface area (TPSA) is 131 Å². The SMILES string of the molecule is CCCCCCCN(C(=O)C(CC(N)=O)NC(=O)OC(C)(C)C)C(C(=O)Nc1ccccc1C)c1ccccc1C. The molecule has 0 spiro atoms. The number of carbonyl (C=O) groups is 4. The number of nitrogens with zero attached hydrogens (tertiary/aromatic N) is 1. The van der Waals surface area contributed by atoms with Gasteiger partial charge in [0.05, 0.1) is 6.42 Å². The molecular weight excluding hydrogens is 520 g/mol. The van der Waals surface area contributed by atoms with Gasteiger partial charge in [-0.15, -0.1) is 0 Å². The van der Waals surface area contributed by atoms with Crippen molar-refractivity contribution >= 4 is 29.5 Å². The molecule has 4 N–H and O–H groups in total. The second-order valence-electron chi connectivity index (χ2n) is 11.4. The first-order valence-corrected chi connectivity index (χ1v) is 14.3. The van der Waals surface area contributed by atoms with E-state index in [4.69, 9.17) is 10.5 Å². The van der Waals surface area contributed by atoms with Crippen molar-refractivity contribution < 1.29 is 23.9 Å². The Balaban J connectivity index is 2.55. The number of hydrogen-bond donors (Lipinski definition) is 3.